The van der Waals surface area contributed by atoms with Crippen molar-refractivity contribution in [3.05, 3.63) is 101 Å². The predicted octanol–water partition coefficient (Wildman–Crippen LogP) is 4.10. The molecule has 1 N–H and O–H groups in total. The fourth-order valence-corrected chi connectivity index (χ4v) is 3.76. The molecule has 1 saturated heterocycles. The minimum Gasteiger partial charge on any atom is -0.507 e. The molecule has 0 radical (unpaired) electrons. The van der Waals surface area contributed by atoms with Crippen molar-refractivity contribution in [3.63, 3.8) is 0 Å². The molecule has 0 bridgehead atoms. The summed E-state index contributed by atoms with van der Waals surface area (Å²) in [5.41, 5.74) is 2.00. The highest BCUT2D eigenvalue weighted by molar-refractivity contribution is 6.46. The average Bonchev–Trinajstić information content (AvgIpc) is 3.05. The molecule has 1 aliphatic heterocycles. The van der Waals surface area contributed by atoms with Crippen molar-refractivity contribution in [2.24, 2.45) is 0 Å². The molecule has 1 aliphatic rings. The number of likely N-dealkylation sites (tertiary alicyclic amines) is 1. The van der Waals surface area contributed by atoms with Gasteiger partial charge in [0.05, 0.1) is 18.2 Å². The number of aliphatic hydroxyl groups excluding tert-OH is 1. The van der Waals surface area contributed by atoms with E-state index >= 15 is 0 Å². The summed E-state index contributed by atoms with van der Waals surface area (Å²) >= 11 is 0. The van der Waals surface area contributed by atoms with Crippen molar-refractivity contribution < 1.29 is 19.4 Å². The molecular formula is C25H22N2O4. The maximum atomic E-state index is 13.1. The lowest BCUT2D eigenvalue weighted by Crippen LogP contribution is -2.29. The third kappa shape index (κ3) is 4.05. The van der Waals surface area contributed by atoms with Crippen LogP contribution < -0.4 is 4.74 Å². The number of aliphatic hydroxyl groups is 1. The van der Waals surface area contributed by atoms with Crippen molar-refractivity contribution >= 4 is 17.4 Å². The van der Waals surface area contributed by atoms with Crippen molar-refractivity contribution in [2.75, 3.05) is 6.61 Å². The zero-order valence-electron chi connectivity index (χ0n) is 17.1. The van der Waals surface area contributed by atoms with Gasteiger partial charge in [-0.05, 0) is 36.2 Å². The van der Waals surface area contributed by atoms with Gasteiger partial charge in [0.2, 0.25) is 0 Å². The number of carbonyl (C=O) groups excluding carboxylic acids is 2. The van der Waals surface area contributed by atoms with Gasteiger partial charge in [-0.2, -0.15) is 0 Å². The number of hydrogen-bond donors (Lipinski definition) is 1. The third-order valence-electron chi connectivity index (χ3n) is 5.15. The van der Waals surface area contributed by atoms with Gasteiger partial charge in [-0.3, -0.25) is 14.6 Å². The summed E-state index contributed by atoms with van der Waals surface area (Å²) in [6, 6.07) is 19.1. The number of nitrogens with zero attached hydrogens (tertiary/aromatic N) is 2. The van der Waals surface area contributed by atoms with E-state index in [1.165, 1.54) is 4.90 Å². The van der Waals surface area contributed by atoms with Gasteiger partial charge in [-0.25, -0.2) is 0 Å². The fraction of sp³-hybridized carbons (Fsp3) is 0.160. The number of pyridine rings is 1. The smallest absolute Gasteiger partial charge is 0.295 e. The van der Waals surface area contributed by atoms with Crippen molar-refractivity contribution in [1.82, 2.24) is 9.88 Å². The van der Waals surface area contributed by atoms with E-state index in [0.29, 0.717) is 23.5 Å². The molecule has 2 heterocycles. The molecule has 1 unspecified atom stereocenters. The van der Waals surface area contributed by atoms with E-state index in [9.17, 15) is 14.7 Å². The summed E-state index contributed by atoms with van der Waals surface area (Å²) in [6.45, 7) is 2.58. The lowest BCUT2D eigenvalue weighted by atomic mass is 9.96. The molecule has 31 heavy (non-hydrogen) atoms. The summed E-state index contributed by atoms with van der Waals surface area (Å²) in [5, 5.41) is 11.1. The number of hydrogen-bond acceptors (Lipinski definition) is 5. The summed E-state index contributed by atoms with van der Waals surface area (Å²) in [7, 11) is 0. The first-order chi connectivity index (χ1) is 15.1. The van der Waals surface area contributed by atoms with Gasteiger partial charge in [0.1, 0.15) is 11.5 Å². The van der Waals surface area contributed by atoms with Crippen molar-refractivity contribution in [2.45, 2.75) is 19.5 Å². The van der Waals surface area contributed by atoms with Gasteiger partial charge < -0.3 is 14.7 Å². The molecule has 1 fully saturated rings. The van der Waals surface area contributed by atoms with Crippen LogP contribution in [0.2, 0.25) is 0 Å². The van der Waals surface area contributed by atoms with Crippen LogP contribution in [-0.2, 0) is 16.1 Å². The Bertz CT molecular complexity index is 1130. The van der Waals surface area contributed by atoms with Gasteiger partial charge in [0.15, 0.2) is 0 Å². The number of aromatic nitrogens is 1. The largest absolute Gasteiger partial charge is 0.507 e. The SMILES string of the molecule is CCOc1cccc(/C(O)=C2\C(=O)C(=O)N(Cc3ccccc3)C2c2cccnc2)c1. The lowest BCUT2D eigenvalue weighted by molar-refractivity contribution is -0.140. The highest BCUT2D eigenvalue weighted by Gasteiger charge is 2.46. The number of amides is 1. The average molecular weight is 414 g/mol. The van der Waals surface area contributed by atoms with Crippen LogP contribution in [-0.4, -0.2) is 33.3 Å². The summed E-state index contributed by atoms with van der Waals surface area (Å²) in [4.78, 5) is 31.7. The number of ketones is 1. The van der Waals surface area contributed by atoms with Crippen LogP contribution >= 0.6 is 0 Å². The van der Waals surface area contributed by atoms with Gasteiger partial charge in [0.25, 0.3) is 11.7 Å². The van der Waals surface area contributed by atoms with Gasteiger partial charge in [0, 0.05) is 24.5 Å². The van der Waals surface area contributed by atoms with Crippen molar-refractivity contribution in [1.29, 1.82) is 0 Å². The summed E-state index contributed by atoms with van der Waals surface area (Å²) in [5.74, 6) is -1.03. The number of Topliss-reactive ketones (excluding diaryl/α,β-unsaturated/α-hetero) is 1. The Balaban J connectivity index is 1.83. The molecular weight excluding hydrogens is 392 g/mol. The van der Waals surface area contributed by atoms with E-state index in [2.05, 4.69) is 4.98 Å². The molecule has 0 aliphatic carbocycles. The second-order valence-electron chi connectivity index (χ2n) is 7.16. The molecule has 0 spiro atoms. The van der Waals surface area contributed by atoms with E-state index in [-0.39, 0.29) is 17.9 Å². The Morgan fingerprint density at radius 2 is 1.87 bits per heavy atom. The molecule has 1 amide bonds. The topological polar surface area (TPSA) is 79.7 Å². The normalized spacial score (nSPS) is 17.7. The molecule has 156 valence electrons. The summed E-state index contributed by atoms with van der Waals surface area (Å²) < 4.78 is 5.51. The molecule has 3 aromatic rings. The Morgan fingerprint density at radius 3 is 2.58 bits per heavy atom. The van der Waals surface area contributed by atoms with Crippen LogP contribution in [0.5, 0.6) is 5.75 Å². The Kier molecular flexibility index (Phi) is 5.80. The maximum Gasteiger partial charge on any atom is 0.295 e. The zero-order valence-corrected chi connectivity index (χ0v) is 17.1. The maximum absolute atomic E-state index is 13.1. The van der Waals surface area contributed by atoms with Crippen LogP contribution in [0.3, 0.4) is 0 Å². The van der Waals surface area contributed by atoms with Gasteiger partial charge >= 0.3 is 0 Å². The Morgan fingerprint density at radius 1 is 1.06 bits per heavy atom. The summed E-state index contributed by atoms with van der Waals surface area (Å²) in [6.07, 6.45) is 3.23. The zero-order chi connectivity index (χ0) is 21.8. The number of ether oxygens (including phenoxy) is 1. The van der Waals surface area contributed by atoms with Crippen LogP contribution in [0.15, 0.2) is 84.7 Å². The first kappa shape index (κ1) is 20.3. The van der Waals surface area contributed by atoms with Crippen LogP contribution in [0.1, 0.15) is 29.7 Å². The van der Waals surface area contributed by atoms with E-state index in [1.807, 2.05) is 37.3 Å². The highest BCUT2D eigenvalue weighted by Crippen LogP contribution is 2.40. The number of carbonyl (C=O) groups is 2. The second kappa shape index (κ2) is 8.83. The first-order valence-corrected chi connectivity index (χ1v) is 10.1. The predicted molar refractivity (Wildman–Crippen MR) is 116 cm³/mol. The molecule has 6 nitrogen and oxygen atoms in total. The number of benzene rings is 2. The monoisotopic (exact) mass is 414 g/mol. The molecule has 1 atom stereocenters. The van der Waals surface area contributed by atoms with E-state index in [1.54, 1.807) is 48.8 Å². The van der Waals surface area contributed by atoms with Gasteiger partial charge in [-0.1, -0.05) is 48.5 Å². The Hall–Kier alpha value is -3.93. The standard InChI is InChI=1S/C25H22N2O4/c1-2-31-20-12-6-10-18(14-20)23(28)21-22(19-11-7-13-26-15-19)27(25(30)24(21)29)16-17-8-4-3-5-9-17/h3-15,22,28H,2,16H2,1H3/b23-21+. The quantitative estimate of drug-likeness (QED) is 0.373. The second-order valence-corrected chi connectivity index (χ2v) is 7.16. The molecule has 0 saturated carbocycles. The molecule has 1 aromatic heterocycles. The molecule has 2 aromatic carbocycles. The minimum atomic E-state index is -0.746. The molecule has 6 heteroatoms. The Labute approximate surface area is 180 Å². The third-order valence-corrected chi connectivity index (χ3v) is 5.15. The lowest BCUT2D eigenvalue weighted by Gasteiger charge is -2.25. The van der Waals surface area contributed by atoms with E-state index < -0.39 is 17.7 Å². The van der Waals surface area contributed by atoms with E-state index in [0.717, 1.165) is 5.56 Å². The highest BCUT2D eigenvalue weighted by atomic mass is 16.5. The van der Waals surface area contributed by atoms with Crippen molar-refractivity contribution in [3.8, 4) is 5.75 Å². The number of rotatable bonds is 6. The van der Waals surface area contributed by atoms with Crippen LogP contribution in [0.4, 0.5) is 0 Å². The van der Waals surface area contributed by atoms with Crippen LogP contribution in [0, 0.1) is 0 Å². The first-order valence-electron chi connectivity index (χ1n) is 10.1. The fourth-order valence-electron chi connectivity index (χ4n) is 3.76. The van der Waals surface area contributed by atoms with Gasteiger partial charge in [-0.15, -0.1) is 0 Å². The van der Waals surface area contributed by atoms with E-state index in [4.69, 9.17) is 4.74 Å². The van der Waals surface area contributed by atoms with Crippen LogP contribution in [0.25, 0.3) is 5.76 Å². The minimum absolute atomic E-state index is 0.0441. The molecule has 4 rings (SSSR count).